The molecule has 1 heterocycles. The highest BCUT2D eigenvalue weighted by Gasteiger charge is 2.47. The van der Waals surface area contributed by atoms with E-state index in [1.165, 1.54) is 13.2 Å². The molecule has 1 aromatic carbocycles. The number of allylic oxidation sites excluding steroid dienone is 3. The fourth-order valence-electron chi connectivity index (χ4n) is 5.21. The molecule has 3 aliphatic rings. The third-order valence-corrected chi connectivity index (χ3v) is 6.74. The average molecular weight is 440 g/mol. The Morgan fingerprint density at radius 3 is 2.56 bits per heavy atom. The van der Waals surface area contributed by atoms with Gasteiger partial charge in [0.2, 0.25) is 0 Å². The number of ether oxygens (including phenoxy) is 2. The molecule has 32 heavy (non-hydrogen) atoms. The second kappa shape index (κ2) is 8.81. The normalized spacial score (nSPS) is 26.0. The van der Waals surface area contributed by atoms with Crippen LogP contribution in [0.4, 0.5) is 0 Å². The van der Waals surface area contributed by atoms with Crippen LogP contribution >= 0.6 is 0 Å². The first-order chi connectivity index (χ1) is 15.3. The van der Waals surface area contributed by atoms with Gasteiger partial charge in [0.25, 0.3) is 0 Å². The van der Waals surface area contributed by atoms with Crippen molar-refractivity contribution in [3.8, 4) is 5.75 Å². The predicted molar refractivity (Wildman–Crippen MR) is 116 cm³/mol. The number of carbonyl (C=O) groups excluding carboxylic acids is 3. The Balaban J connectivity index is 1.81. The van der Waals surface area contributed by atoms with Crippen molar-refractivity contribution in [3.05, 3.63) is 52.4 Å². The first kappa shape index (κ1) is 22.1. The van der Waals surface area contributed by atoms with E-state index >= 15 is 0 Å². The molecule has 2 N–H and O–H groups in total. The van der Waals surface area contributed by atoms with Crippen LogP contribution in [0.25, 0.3) is 0 Å². The number of nitrogens with one attached hydrogen (secondary N) is 1. The van der Waals surface area contributed by atoms with Gasteiger partial charge in [0.15, 0.2) is 5.78 Å². The van der Waals surface area contributed by atoms with E-state index in [0.29, 0.717) is 34.5 Å². The molecule has 4 rings (SSSR count). The van der Waals surface area contributed by atoms with E-state index in [1.54, 1.807) is 25.1 Å². The van der Waals surface area contributed by atoms with E-state index in [4.69, 9.17) is 9.47 Å². The maximum absolute atomic E-state index is 13.6. The largest absolute Gasteiger partial charge is 0.508 e. The molecule has 2 aliphatic carbocycles. The molecule has 0 aromatic heterocycles. The van der Waals surface area contributed by atoms with Gasteiger partial charge in [0, 0.05) is 22.9 Å². The number of hydrogen-bond acceptors (Lipinski definition) is 7. The van der Waals surface area contributed by atoms with Crippen molar-refractivity contribution in [1.82, 2.24) is 5.32 Å². The minimum Gasteiger partial charge on any atom is -0.508 e. The highest BCUT2D eigenvalue weighted by Crippen LogP contribution is 2.46. The third-order valence-electron chi connectivity index (χ3n) is 6.74. The summed E-state index contributed by atoms with van der Waals surface area (Å²) in [4.78, 5) is 39.4. The lowest BCUT2D eigenvalue weighted by atomic mass is 9.69. The third kappa shape index (κ3) is 3.92. The van der Waals surface area contributed by atoms with Crippen molar-refractivity contribution in [2.75, 3.05) is 7.11 Å². The molecule has 0 bridgehead atoms. The van der Waals surface area contributed by atoms with Gasteiger partial charge in [-0.15, -0.1) is 0 Å². The number of phenols is 1. The van der Waals surface area contributed by atoms with E-state index in [1.807, 2.05) is 6.92 Å². The Bertz CT molecular complexity index is 1020. The second-order valence-corrected chi connectivity index (χ2v) is 8.94. The SMILES string of the molecule is COC(=O)[C@@H]1C(=O)C2=C(C[C@@H]1C)NC(C)=C(C(=O)OC1CCCC1)[C@@H]2c1cccc(O)c1. The fourth-order valence-corrected chi connectivity index (χ4v) is 5.21. The zero-order valence-electron chi connectivity index (χ0n) is 18.6. The summed E-state index contributed by atoms with van der Waals surface area (Å²) in [6.07, 6.45) is 4.05. The molecule has 0 radical (unpaired) electrons. The van der Waals surface area contributed by atoms with Crippen molar-refractivity contribution in [2.45, 2.75) is 58.0 Å². The van der Waals surface area contributed by atoms with Crippen LogP contribution in [0.5, 0.6) is 5.75 Å². The van der Waals surface area contributed by atoms with Crippen LogP contribution in [-0.4, -0.2) is 36.0 Å². The Hall–Kier alpha value is -3.09. The molecule has 1 fully saturated rings. The minimum absolute atomic E-state index is 0.0329. The highest BCUT2D eigenvalue weighted by atomic mass is 16.5. The maximum Gasteiger partial charge on any atom is 0.337 e. The Kier molecular flexibility index (Phi) is 6.09. The molecule has 170 valence electrons. The van der Waals surface area contributed by atoms with Gasteiger partial charge in [0.05, 0.1) is 12.7 Å². The van der Waals surface area contributed by atoms with Gasteiger partial charge in [-0.1, -0.05) is 19.1 Å². The molecule has 1 aromatic rings. The van der Waals surface area contributed by atoms with Crippen molar-refractivity contribution in [1.29, 1.82) is 0 Å². The Morgan fingerprint density at radius 2 is 1.91 bits per heavy atom. The van der Waals surface area contributed by atoms with E-state index < -0.39 is 23.8 Å². The van der Waals surface area contributed by atoms with Crippen molar-refractivity contribution < 1.29 is 29.0 Å². The molecule has 1 saturated carbocycles. The van der Waals surface area contributed by atoms with Crippen LogP contribution in [0.15, 0.2) is 46.8 Å². The van der Waals surface area contributed by atoms with Crippen LogP contribution in [0.3, 0.4) is 0 Å². The number of hydrogen-bond donors (Lipinski definition) is 2. The molecule has 1 aliphatic heterocycles. The molecule has 7 heteroatoms. The number of ketones is 1. The van der Waals surface area contributed by atoms with E-state index in [0.717, 1.165) is 25.7 Å². The number of benzene rings is 1. The number of methoxy groups -OCH3 is 1. The molecule has 0 spiro atoms. The molecule has 0 saturated heterocycles. The summed E-state index contributed by atoms with van der Waals surface area (Å²) in [7, 11) is 1.27. The zero-order chi connectivity index (χ0) is 23.0. The number of aromatic hydroxyl groups is 1. The monoisotopic (exact) mass is 439 g/mol. The fraction of sp³-hybridized carbons (Fsp3) is 0.480. The predicted octanol–water partition coefficient (Wildman–Crippen LogP) is 3.49. The minimum atomic E-state index is -0.939. The lowest BCUT2D eigenvalue weighted by molar-refractivity contribution is -0.151. The van der Waals surface area contributed by atoms with Gasteiger partial charge >= 0.3 is 11.9 Å². The summed E-state index contributed by atoms with van der Waals surface area (Å²) in [6, 6.07) is 6.54. The summed E-state index contributed by atoms with van der Waals surface area (Å²) in [5.74, 6) is -3.29. The number of Topliss-reactive ketones (excluding diaryl/α,β-unsaturated/α-hetero) is 1. The first-order valence-electron chi connectivity index (χ1n) is 11.1. The van der Waals surface area contributed by atoms with Crippen LogP contribution in [0.2, 0.25) is 0 Å². The second-order valence-electron chi connectivity index (χ2n) is 8.94. The van der Waals surface area contributed by atoms with Gasteiger partial charge in [-0.05, 0) is 62.6 Å². The van der Waals surface area contributed by atoms with Gasteiger partial charge in [0.1, 0.15) is 17.8 Å². The van der Waals surface area contributed by atoms with Crippen LogP contribution < -0.4 is 5.32 Å². The number of phenolic OH excluding ortho intramolecular Hbond substituents is 1. The van der Waals surface area contributed by atoms with E-state index in [2.05, 4.69) is 5.32 Å². The van der Waals surface area contributed by atoms with Crippen LogP contribution in [0.1, 0.15) is 57.4 Å². The smallest absolute Gasteiger partial charge is 0.337 e. The molecule has 0 unspecified atom stereocenters. The van der Waals surface area contributed by atoms with Crippen LogP contribution in [0, 0.1) is 11.8 Å². The van der Waals surface area contributed by atoms with Crippen molar-refractivity contribution >= 4 is 17.7 Å². The number of esters is 2. The molecular formula is C25H29NO6. The van der Waals surface area contributed by atoms with Crippen molar-refractivity contribution in [2.24, 2.45) is 11.8 Å². The number of carbonyl (C=O) groups is 3. The molecular weight excluding hydrogens is 410 g/mol. The Morgan fingerprint density at radius 1 is 1.19 bits per heavy atom. The maximum atomic E-state index is 13.6. The average Bonchev–Trinajstić information content (AvgIpc) is 3.25. The van der Waals surface area contributed by atoms with Crippen LogP contribution in [-0.2, 0) is 23.9 Å². The first-order valence-corrected chi connectivity index (χ1v) is 11.1. The molecule has 0 amide bonds. The molecule has 7 nitrogen and oxygen atoms in total. The number of dihydropyridines is 1. The Labute approximate surface area is 187 Å². The molecule has 3 atom stereocenters. The summed E-state index contributed by atoms with van der Waals surface area (Å²) in [6.45, 7) is 3.64. The summed E-state index contributed by atoms with van der Waals surface area (Å²) in [5.41, 5.74) is 2.63. The van der Waals surface area contributed by atoms with Gasteiger partial charge in [-0.25, -0.2) is 4.79 Å². The summed E-state index contributed by atoms with van der Waals surface area (Å²) < 4.78 is 10.7. The topological polar surface area (TPSA) is 102 Å². The standard InChI is InChI=1S/C25H29NO6/c1-13-11-18-22(23(28)19(13)24(29)31-3)21(15-7-6-8-16(27)12-15)20(14(2)26-18)25(30)32-17-9-4-5-10-17/h6-8,12-13,17,19,21,26-27H,4-5,9-11H2,1-3H3/t13-,19-,21-/m0/s1. The highest BCUT2D eigenvalue weighted by molar-refractivity contribution is 6.12. The summed E-state index contributed by atoms with van der Waals surface area (Å²) >= 11 is 0. The number of rotatable bonds is 4. The van der Waals surface area contributed by atoms with Crippen molar-refractivity contribution in [3.63, 3.8) is 0 Å². The lowest BCUT2D eigenvalue weighted by Crippen LogP contribution is -2.43. The van der Waals surface area contributed by atoms with E-state index in [9.17, 15) is 19.5 Å². The van der Waals surface area contributed by atoms with Gasteiger partial charge in [-0.2, -0.15) is 0 Å². The summed E-state index contributed by atoms with van der Waals surface area (Å²) in [5, 5.41) is 13.4. The van der Waals surface area contributed by atoms with Gasteiger partial charge in [-0.3, -0.25) is 9.59 Å². The lowest BCUT2D eigenvalue weighted by Gasteiger charge is -2.38. The zero-order valence-corrected chi connectivity index (χ0v) is 18.6. The van der Waals surface area contributed by atoms with E-state index in [-0.39, 0.29) is 23.6 Å². The quantitative estimate of drug-likeness (QED) is 0.547. The van der Waals surface area contributed by atoms with Gasteiger partial charge < -0.3 is 19.9 Å².